The molecular formula is C22H18ClFN4O2S. The van der Waals surface area contributed by atoms with Crippen LogP contribution in [0.15, 0.2) is 58.7 Å². The number of rotatable bonds is 6. The third-order valence-electron chi connectivity index (χ3n) is 4.60. The van der Waals surface area contributed by atoms with E-state index in [4.69, 9.17) is 11.6 Å². The van der Waals surface area contributed by atoms with Gasteiger partial charge in [0.25, 0.3) is 5.56 Å². The van der Waals surface area contributed by atoms with Gasteiger partial charge in [-0.1, -0.05) is 35.9 Å². The number of aromatic amines is 1. The molecule has 0 fully saturated rings. The number of hydrogen-bond acceptors (Lipinski definition) is 5. The number of carbonyl (C=O) groups is 1. The number of amides is 1. The van der Waals surface area contributed by atoms with Crippen LogP contribution in [0.25, 0.3) is 21.3 Å². The van der Waals surface area contributed by atoms with Crippen molar-refractivity contribution in [3.05, 3.63) is 80.9 Å². The normalized spacial score (nSPS) is 11.2. The number of nitrogens with one attached hydrogen (secondary N) is 2. The number of thiophene rings is 1. The van der Waals surface area contributed by atoms with Gasteiger partial charge in [-0.15, -0.1) is 11.3 Å². The first kappa shape index (κ1) is 21.2. The molecule has 0 aliphatic rings. The molecule has 158 valence electrons. The maximum absolute atomic E-state index is 13.3. The fraction of sp³-hybridized carbons (Fsp3) is 0.136. The summed E-state index contributed by atoms with van der Waals surface area (Å²) < 4.78 is 13.3. The predicted molar refractivity (Wildman–Crippen MR) is 122 cm³/mol. The number of anilines is 1. The highest BCUT2D eigenvalue weighted by atomic mass is 35.5. The van der Waals surface area contributed by atoms with Gasteiger partial charge in [0.15, 0.2) is 0 Å². The van der Waals surface area contributed by atoms with Crippen LogP contribution < -0.4 is 10.9 Å². The second-order valence-corrected chi connectivity index (χ2v) is 8.32. The molecule has 0 bridgehead atoms. The number of H-pyrrole nitrogens is 1. The number of hydrogen-bond donors (Lipinski definition) is 2. The molecule has 1 amide bonds. The number of benzene rings is 2. The van der Waals surface area contributed by atoms with Crippen molar-refractivity contribution in [2.45, 2.75) is 6.54 Å². The Morgan fingerprint density at radius 1 is 1.23 bits per heavy atom. The molecule has 0 saturated carbocycles. The largest absolute Gasteiger partial charge is 0.325 e. The SMILES string of the molecule is CN(CC(=O)Nc1cccc(F)c1)Cc1nc2scc(-c3ccccc3Cl)c2c(=O)[nH]1. The molecule has 0 saturated heterocycles. The molecule has 4 aromatic rings. The molecule has 4 rings (SSSR count). The first-order chi connectivity index (χ1) is 14.9. The van der Waals surface area contributed by atoms with Crippen LogP contribution in [-0.4, -0.2) is 34.4 Å². The molecule has 2 N–H and O–H groups in total. The minimum atomic E-state index is -0.423. The summed E-state index contributed by atoms with van der Waals surface area (Å²) >= 11 is 7.66. The van der Waals surface area contributed by atoms with E-state index in [0.717, 1.165) is 11.1 Å². The lowest BCUT2D eigenvalue weighted by Gasteiger charge is -2.15. The Kier molecular flexibility index (Phi) is 6.13. The molecule has 0 aliphatic heterocycles. The Morgan fingerprint density at radius 3 is 2.81 bits per heavy atom. The summed E-state index contributed by atoms with van der Waals surface area (Å²) in [5, 5.41) is 5.57. The summed E-state index contributed by atoms with van der Waals surface area (Å²) in [4.78, 5) is 34.7. The van der Waals surface area contributed by atoms with E-state index < -0.39 is 5.82 Å². The monoisotopic (exact) mass is 456 g/mol. The van der Waals surface area contributed by atoms with Gasteiger partial charge in [0, 0.05) is 27.2 Å². The molecule has 9 heteroatoms. The van der Waals surface area contributed by atoms with Crippen LogP contribution in [0.3, 0.4) is 0 Å². The van der Waals surface area contributed by atoms with Gasteiger partial charge in [0.05, 0.1) is 18.5 Å². The predicted octanol–water partition coefficient (Wildman–Crippen LogP) is 4.51. The van der Waals surface area contributed by atoms with Crippen molar-refractivity contribution < 1.29 is 9.18 Å². The Morgan fingerprint density at radius 2 is 2.03 bits per heavy atom. The van der Waals surface area contributed by atoms with Gasteiger partial charge < -0.3 is 10.3 Å². The quantitative estimate of drug-likeness (QED) is 0.447. The molecule has 0 spiro atoms. The molecule has 2 aromatic heterocycles. The summed E-state index contributed by atoms with van der Waals surface area (Å²) in [6, 6.07) is 13.0. The number of nitrogens with zero attached hydrogens (tertiary/aromatic N) is 2. The second-order valence-electron chi connectivity index (χ2n) is 7.05. The summed E-state index contributed by atoms with van der Waals surface area (Å²) in [7, 11) is 1.74. The molecule has 2 heterocycles. The van der Waals surface area contributed by atoms with Crippen LogP contribution in [0.2, 0.25) is 5.02 Å². The number of carbonyl (C=O) groups excluding carboxylic acids is 1. The highest BCUT2D eigenvalue weighted by Gasteiger charge is 2.16. The van der Waals surface area contributed by atoms with Crippen molar-refractivity contribution in [1.82, 2.24) is 14.9 Å². The van der Waals surface area contributed by atoms with E-state index in [-0.39, 0.29) is 24.6 Å². The Balaban J connectivity index is 1.49. The Bertz CT molecular complexity index is 1320. The van der Waals surface area contributed by atoms with Crippen molar-refractivity contribution >= 4 is 44.7 Å². The van der Waals surface area contributed by atoms with Crippen molar-refractivity contribution in [1.29, 1.82) is 0 Å². The molecule has 2 aromatic carbocycles. The van der Waals surface area contributed by atoms with Crippen molar-refractivity contribution in [3.63, 3.8) is 0 Å². The highest BCUT2D eigenvalue weighted by Crippen LogP contribution is 2.34. The molecule has 0 atom stereocenters. The minimum Gasteiger partial charge on any atom is -0.325 e. The van der Waals surface area contributed by atoms with E-state index in [0.29, 0.717) is 26.8 Å². The zero-order valence-electron chi connectivity index (χ0n) is 16.5. The van der Waals surface area contributed by atoms with Gasteiger partial charge in [-0.3, -0.25) is 14.5 Å². The third-order valence-corrected chi connectivity index (χ3v) is 5.80. The third kappa shape index (κ3) is 4.82. The minimum absolute atomic E-state index is 0.0492. The van der Waals surface area contributed by atoms with Crippen LogP contribution in [0.4, 0.5) is 10.1 Å². The van der Waals surface area contributed by atoms with Crippen LogP contribution in [-0.2, 0) is 11.3 Å². The Hall–Kier alpha value is -3.07. The zero-order valence-corrected chi connectivity index (χ0v) is 18.1. The molecule has 0 aliphatic carbocycles. The molecule has 31 heavy (non-hydrogen) atoms. The number of likely N-dealkylation sites (N-methyl/N-ethyl adjacent to an activating group) is 1. The number of aromatic nitrogens is 2. The molecular weight excluding hydrogens is 439 g/mol. The van der Waals surface area contributed by atoms with Gasteiger partial charge in [0.1, 0.15) is 16.5 Å². The van der Waals surface area contributed by atoms with Crippen LogP contribution in [0.5, 0.6) is 0 Å². The van der Waals surface area contributed by atoms with Gasteiger partial charge in [-0.2, -0.15) is 0 Å². The van der Waals surface area contributed by atoms with Crippen molar-refractivity contribution in [2.75, 3.05) is 18.9 Å². The fourth-order valence-corrected chi connectivity index (χ4v) is 4.46. The molecule has 0 unspecified atom stereocenters. The maximum atomic E-state index is 13.3. The first-order valence-corrected chi connectivity index (χ1v) is 10.7. The molecule has 0 radical (unpaired) electrons. The van der Waals surface area contributed by atoms with E-state index in [9.17, 15) is 14.0 Å². The van der Waals surface area contributed by atoms with Crippen LogP contribution >= 0.6 is 22.9 Å². The second kappa shape index (κ2) is 8.97. The van der Waals surface area contributed by atoms with Crippen LogP contribution in [0.1, 0.15) is 5.82 Å². The Labute approximate surface area is 186 Å². The average molecular weight is 457 g/mol. The van der Waals surface area contributed by atoms with Crippen LogP contribution in [0, 0.1) is 5.82 Å². The maximum Gasteiger partial charge on any atom is 0.260 e. The molecule has 6 nitrogen and oxygen atoms in total. The lowest BCUT2D eigenvalue weighted by atomic mass is 10.1. The zero-order chi connectivity index (χ0) is 22.0. The van der Waals surface area contributed by atoms with Crippen molar-refractivity contribution in [2.24, 2.45) is 0 Å². The van der Waals surface area contributed by atoms with Gasteiger partial charge in [-0.05, 0) is 31.3 Å². The van der Waals surface area contributed by atoms with E-state index in [1.165, 1.54) is 29.5 Å². The van der Waals surface area contributed by atoms with E-state index in [1.54, 1.807) is 24.1 Å². The topological polar surface area (TPSA) is 78.1 Å². The number of halogens is 2. The summed E-state index contributed by atoms with van der Waals surface area (Å²) in [6.07, 6.45) is 0. The summed E-state index contributed by atoms with van der Waals surface area (Å²) in [5.74, 6) is -0.270. The van der Waals surface area contributed by atoms with E-state index in [2.05, 4.69) is 15.3 Å². The number of fused-ring (bicyclic) bond motifs is 1. The van der Waals surface area contributed by atoms with Crippen molar-refractivity contribution in [3.8, 4) is 11.1 Å². The van der Waals surface area contributed by atoms with Gasteiger partial charge in [0.2, 0.25) is 5.91 Å². The smallest absolute Gasteiger partial charge is 0.260 e. The summed E-state index contributed by atoms with van der Waals surface area (Å²) in [5.41, 5.74) is 1.65. The van der Waals surface area contributed by atoms with Gasteiger partial charge >= 0.3 is 0 Å². The van der Waals surface area contributed by atoms with E-state index >= 15 is 0 Å². The fourth-order valence-electron chi connectivity index (χ4n) is 3.27. The lowest BCUT2D eigenvalue weighted by Crippen LogP contribution is -2.31. The van der Waals surface area contributed by atoms with Gasteiger partial charge in [-0.25, -0.2) is 9.37 Å². The van der Waals surface area contributed by atoms with E-state index in [1.807, 2.05) is 23.6 Å². The lowest BCUT2D eigenvalue weighted by molar-refractivity contribution is -0.117. The standard InChI is InChI=1S/C22H18ClFN4O2S/c1-28(11-19(29)25-14-6-4-5-13(24)9-14)10-18-26-21(30)20-16(12-31-22(20)27-18)15-7-2-3-8-17(15)23/h2-9,12H,10-11H2,1H3,(H,25,29)(H,26,27,30). The average Bonchev–Trinajstić information content (AvgIpc) is 3.12. The first-order valence-electron chi connectivity index (χ1n) is 9.40. The summed E-state index contributed by atoms with van der Waals surface area (Å²) in [6.45, 7) is 0.314. The highest BCUT2D eigenvalue weighted by molar-refractivity contribution is 7.17.